The van der Waals surface area contributed by atoms with Gasteiger partial charge in [0.1, 0.15) is 11.9 Å². The number of nitrogens with zero attached hydrogens (tertiary/aromatic N) is 1. The molecule has 2 nitrogen and oxygen atoms in total. The SMILES string of the molecule is CC1(NCc2ccc(F)c(C#N)c2)CCCCC1. The maximum atomic E-state index is 13.2. The molecule has 1 saturated carbocycles. The molecule has 1 aromatic carbocycles. The quantitative estimate of drug-likeness (QED) is 0.886. The number of nitrogens with one attached hydrogen (secondary N) is 1. The predicted octanol–water partition coefficient (Wildman–Crippen LogP) is 3.51. The first-order valence-electron chi connectivity index (χ1n) is 6.56. The Bertz CT molecular complexity index is 456. The van der Waals surface area contributed by atoms with Gasteiger partial charge in [-0.1, -0.05) is 25.3 Å². The molecule has 1 fully saturated rings. The van der Waals surface area contributed by atoms with E-state index in [-0.39, 0.29) is 11.1 Å². The summed E-state index contributed by atoms with van der Waals surface area (Å²) in [7, 11) is 0. The van der Waals surface area contributed by atoms with Gasteiger partial charge >= 0.3 is 0 Å². The third-order valence-electron chi connectivity index (χ3n) is 3.83. The predicted molar refractivity (Wildman–Crippen MR) is 69.4 cm³/mol. The van der Waals surface area contributed by atoms with E-state index in [1.165, 1.54) is 38.2 Å². The summed E-state index contributed by atoms with van der Waals surface area (Å²) in [5.41, 5.74) is 1.29. The monoisotopic (exact) mass is 246 g/mol. The fourth-order valence-corrected chi connectivity index (χ4v) is 2.59. The minimum Gasteiger partial charge on any atom is -0.307 e. The van der Waals surface area contributed by atoms with Gasteiger partial charge in [0, 0.05) is 12.1 Å². The molecule has 1 aliphatic carbocycles. The molecular weight excluding hydrogens is 227 g/mol. The van der Waals surface area contributed by atoms with Crippen LogP contribution in [-0.2, 0) is 6.54 Å². The van der Waals surface area contributed by atoms with Crippen LogP contribution in [0.1, 0.15) is 50.2 Å². The Morgan fingerprint density at radius 2 is 2.06 bits per heavy atom. The highest BCUT2D eigenvalue weighted by Crippen LogP contribution is 2.27. The lowest BCUT2D eigenvalue weighted by atomic mass is 9.83. The summed E-state index contributed by atoms with van der Waals surface area (Å²) in [5.74, 6) is -0.440. The number of benzene rings is 1. The second kappa shape index (κ2) is 5.49. The van der Waals surface area contributed by atoms with Gasteiger partial charge in [-0.15, -0.1) is 0 Å². The van der Waals surface area contributed by atoms with E-state index >= 15 is 0 Å². The Morgan fingerprint density at radius 1 is 1.33 bits per heavy atom. The van der Waals surface area contributed by atoms with Gasteiger partial charge in [0.25, 0.3) is 0 Å². The molecule has 0 radical (unpaired) electrons. The van der Waals surface area contributed by atoms with Crippen molar-refractivity contribution < 1.29 is 4.39 Å². The van der Waals surface area contributed by atoms with Gasteiger partial charge in [0.2, 0.25) is 0 Å². The third kappa shape index (κ3) is 3.08. The lowest BCUT2D eigenvalue weighted by Crippen LogP contribution is -2.43. The van der Waals surface area contributed by atoms with Crippen molar-refractivity contribution in [1.29, 1.82) is 5.26 Å². The average Bonchev–Trinajstić information content (AvgIpc) is 2.39. The van der Waals surface area contributed by atoms with Gasteiger partial charge in [-0.05, 0) is 37.5 Å². The average molecular weight is 246 g/mol. The fraction of sp³-hybridized carbons (Fsp3) is 0.533. The van der Waals surface area contributed by atoms with Crippen LogP contribution in [0.25, 0.3) is 0 Å². The normalized spacial score (nSPS) is 18.3. The van der Waals surface area contributed by atoms with Crippen molar-refractivity contribution in [1.82, 2.24) is 5.32 Å². The van der Waals surface area contributed by atoms with Crippen LogP contribution in [0.3, 0.4) is 0 Å². The molecule has 0 amide bonds. The number of halogens is 1. The van der Waals surface area contributed by atoms with Crippen molar-refractivity contribution in [2.45, 2.75) is 51.1 Å². The first-order valence-corrected chi connectivity index (χ1v) is 6.56. The zero-order chi connectivity index (χ0) is 13.0. The van der Waals surface area contributed by atoms with Crippen LogP contribution in [0.2, 0.25) is 0 Å². The summed E-state index contributed by atoms with van der Waals surface area (Å²) < 4.78 is 13.2. The highest BCUT2D eigenvalue weighted by molar-refractivity contribution is 5.34. The maximum absolute atomic E-state index is 13.2. The van der Waals surface area contributed by atoms with Gasteiger partial charge < -0.3 is 5.32 Å². The molecule has 0 aliphatic heterocycles. The van der Waals surface area contributed by atoms with E-state index in [9.17, 15) is 4.39 Å². The second-order valence-electron chi connectivity index (χ2n) is 5.40. The van der Waals surface area contributed by atoms with Crippen LogP contribution < -0.4 is 5.32 Å². The molecule has 0 atom stereocenters. The van der Waals surface area contributed by atoms with Crippen molar-refractivity contribution in [3.05, 3.63) is 35.1 Å². The summed E-state index contributed by atoms with van der Waals surface area (Å²) in [5, 5.41) is 12.4. The summed E-state index contributed by atoms with van der Waals surface area (Å²) in [6, 6.07) is 6.63. The first-order chi connectivity index (χ1) is 8.63. The highest BCUT2D eigenvalue weighted by atomic mass is 19.1. The fourth-order valence-electron chi connectivity index (χ4n) is 2.59. The molecule has 3 heteroatoms. The summed E-state index contributed by atoms with van der Waals surface area (Å²) in [6.07, 6.45) is 6.26. The summed E-state index contributed by atoms with van der Waals surface area (Å²) in [6.45, 7) is 2.95. The molecule has 18 heavy (non-hydrogen) atoms. The molecule has 1 N–H and O–H groups in total. The van der Waals surface area contributed by atoms with Gasteiger partial charge in [0.05, 0.1) is 5.56 Å². The Labute approximate surface area is 108 Å². The van der Waals surface area contributed by atoms with Gasteiger partial charge in [0.15, 0.2) is 0 Å². The standard InChI is InChI=1S/C15H19FN2/c1-15(7-3-2-4-8-15)18-11-12-5-6-14(16)13(9-12)10-17/h5-6,9,18H,2-4,7-8,11H2,1H3. The van der Waals surface area contributed by atoms with Crippen LogP contribution in [0.5, 0.6) is 0 Å². The first kappa shape index (κ1) is 13.0. The van der Waals surface area contributed by atoms with Crippen LogP contribution in [-0.4, -0.2) is 5.54 Å². The molecule has 0 heterocycles. The number of rotatable bonds is 3. The van der Waals surface area contributed by atoms with Crippen LogP contribution in [0.15, 0.2) is 18.2 Å². The van der Waals surface area contributed by atoms with E-state index in [4.69, 9.17) is 5.26 Å². The van der Waals surface area contributed by atoms with E-state index in [1.54, 1.807) is 12.1 Å². The summed E-state index contributed by atoms with van der Waals surface area (Å²) >= 11 is 0. The Morgan fingerprint density at radius 3 is 2.72 bits per heavy atom. The van der Waals surface area contributed by atoms with Crippen LogP contribution in [0.4, 0.5) is 4.39 Å². The largest absolute Gasteiger partial charge is 0.307 e. The molecule has 0 saturated heterocycles. The van der Waals surface area contributed by atoms with E-state index < -0.39 is 5.82 Å². The number of hydrogen-bond acceptors (Lipinski definition) is 2. The minimum absolute atomic E-state index is 0.128. The Balaban J connectivity index is 2.00. The highest BCUT2D eigenvalue weighted by Gasteiger charge is 2.25. The molecule has 0 unspecified atom stereocenters. The van der Waals surface area contributed by atoms with Crippen molar-refractivity contribution in [2.24, 2.45) is 0 Å². The van der Waals surface area contributed by atoms with E-state index in [2.05, 4.69) is 12.2 Å². The Kier molecular flexibility index (Phi) is 3.98. The van der Waals surface area contributed by atoms with Crippen molar-refractivity contribution in [3.8, 4) is 6.07 Å². The zero-order valence-electron chi connectivity index (χ0n) is 10.8. The van der Waals surface area contributed by atoms with E-state index in [0.29, 0.717) is 6.54 Å². The van der Waals surface area contributed by atoms with E-state index in [1.807, 2.05) is 6.07 Å². The lowest BCUT2D eigenvalue weighted by molar-refractivity contribution is 0.252. The van der Waals surface area contributed by atoms with Gasteiger partial charge in [-0.3, -0.25) is 0 Å². The molecular formula is C15H19FN2. The van der Waals surface area contributed by atoms with Crippen LogP contribution >= 0.6 is 0 Å². The molecule has 1 aliphatic rings. The third-order valence-corrected chi connectivity index (χ3v) is 3.83. The van der Waals surface area contributed by atoms with Crippen LogP contribution in [0, 0.1) is 17.1 Å². The topological polar surface area (TPSA) is 35.8 Å². The second-order valence-corrected chi connectivity index (χ2v) is 5.40. The minimum atomic E-state index is -0.440. The van der Waals surface area contributed by atoms with Crippen molar-refractivity contribution in [2.75, 3.05) is 0 Å². The number of nitriles is 1. The lowest BCUT2D eigenvalue weighted by Gasteiger charge is -2.34. The number of hydrogen-bond donors (Lipinski definition) is 1. The summed E-state index contributed by atoms with van der Waals surface area (Å²) in [4.78, 5) is 0. The molecule has 2 rings (SSSR count). The zero-order valence-corrected chi connectivity index (χ0v) is 10.8. The van der Waals surface area contributed by atoms with Gasteiger partial charge in [-0.25, -0.2) is 4.39 Å². The smallest absolute Gasteiger partial charge is 0.140 e. The molecule has 96 valence electrons. The molecule has 0 bridgehead atoms. The maximum Gasteiger partial charge on any atom is 0.140 e. The molecule has 0 spiro atoms. The molecule has 0 aromatic heterocycles. The van der Waals surface area contributed by atoms with Crippen molar-refractivity contribution >= 4 is 0 Å². The van der Waals surface area contributed by atoms with E-state index in [0.717, 1.165) is 5.56 Å². The molecule has 1 aromatic rings. The van der Waals surface area contributed by atoms with Gasteiger partial charge in [-0.2, -0.15) is 5.26 Å². The van der Waals surface area contributed by atoms with Crippen molar-refractivity contribution in [3.63, 3.8) is 0 Å². The Hall–Kier alpha value is -1.40.